The van der Waals surface area contributed by atoms with Crippen LogP contribution in [0.2, 0.25) is 0 Å². The maximum Gasteiger partial charge on any atom is 0.241 e. The summed E-state index contributed by atoms with van der Waals surface area (Å²) >= 11 is 0. The Morgan fingerprint density at radius 1 is 1.24 bits per heavy atom. The molecule has 0 atom stereocenters. The molecule has 0 amide bonds. The van der Waals surface area contributed by atoms with Crippen LogP contribution in [0.3, 0.4) is 0 Å². The summed E-state index contributed by atoms with van der Waals surface area (Å²) in [6, 6.07) is 6.88. The fraction of sp³-hybridized carbons (Fsp3) is 0.286. The Hall–Kier alpha value is -1.83. The number of aryl methyl sites for hydroxylation is 2. The number of nitrogens with one attached hydrogen (secondary N) is 1. The standard InChI is InChI=1S/C14H18N4O2S/c1-10-6-11(2)14(7-12(10)8-15)21(19,20)17-9-13-4-3-5-16-18-13/h3-7,17H,8-9,15H2,1-2H3. The van der Waals surface area contributed by atoms with Gasteiger partial charge in [-0.3, -0.25) is 0 Å². The van der Waals surface area contributed by atoms with Gasteiger partial charge in [0.25, 0.3) is 0 Å². The van der Waals surface area contributed by atoms with Crippen molar-refractivity contribution in [3.8, 4) is 0 Å². The van der Waals surface area contributed by atoms with Crippen LogP contribution in [0.5, 0.6) is 0 Å². The number of hydrogen-bond acceptors (Lipinski definition) is 5. The highest BCUT2D eigenvalue weighted by Gasteiger charge is 2.18. The van der Waals surface area contributed by atoms with Gasteiger partial charge in [-0.1, -0.05) is 6.07 Å². The summed E-state index contributed by atoms with van der Waals surface area (Å²) in [5.41, 5.74) is 8.70. The monoisotopic (exact) mass is 306 g/mol. The molecule has 112 valence electrons. The molecule has 1 heterocycles. The van der Waals surface area contributed by atoms with Gasteiger partial charge < -0.3 is 5.73 Å². The second-order valence-corrected chi connectivity index (χ2v) is 6.52. The lowest BCUT2D eigenvalue weighted by atomic mass is 10.1. The number of nitrogens with two attached hydrogens (primary N) is 1. The van der Waals surface area contributed by atoms with Gasteiger partial charge in [-0.25, -0.2) is 13.1 Å². The number of sulfonamides is 1. The maximum absolute atomic E-state index is 12.4. The highest BCUT2D eigenvalue weighted by molar-refractivity contribution is 7.89. The van der Waals surface area contributed by atoms with E-state index in [-0.39, 0.29) is 11.4 Å². The van der Waals surface area contributed by atoms with Crippen LogP contribution in [0, 0.1) is 13.8 Å². The number of nitrogens with zero attached hydrogens (tertiary/aromatic N) is 2. The molecule has 3 N–H and O–H groups in total. The first-order valence-corrected chi connectivity index (χ1v) is 7.99. The van der Waals surface area contributed by atoms with Crippen LogP contribution in [0.1, 0.15) is 22.4 Å². The van der Waals surface area contributed by atoms with Gasteiger partial charge in [0.2, 0.25) is 10.0 Å². The van der Waals surface area contributed by atoms with E-state index >= 15 is 0 Å². The summed E-state index contributed by atoms with van der Waals surface area (Å²) in [5.74, 6) is 0. The van der Waals surface area contributed by atoms with E-state index in [2.05, 4.69) is 14.9 Å². The van der Waals surface area contributed by atoms with Crippen LogP contribution in [0.4, 0.5) is 0 Å². The van der Waals surface area contributed by atoms with Crippen molar-refractivity contribution in [3.05, 3.63) is 52.8 Å². The van der Waals surface area contributed by atoms with Crippen molar-refractivity contribution in [2.24, 2.45) is 5.73 Å². The third-order valence-corrected chi connectivity index (χ3v) is 4.76. The predicted octanol–water partition coefficient (Wildman–Crippen LogP) is 1.03. The van der Waals surface area contributed by atoms with Gasteiger partial charge in [0, 0.05) is 12.7 Å². The number of hydrogen-bond donors (Lipinski definition) is 2. The average molecular weight is 306 g/mol. The first kappa shape index (κ1) is 15.6. The van der Waals surface area contributed by atoms with Crippen molar-refractivity contribution in [2.45, 2.75) is 31.8 Å². The summed E-state index contributed by atoms with van der Waals surface area (Å²) in [5, 5.41) is 7.56. The van der Waals surface area contributed by atoms with Crippen molar-refractivity contribution in [2.75, 3.05) is 0 Å². The summed E-state index contributed by atoms with van der Waals surface area (Å²) in [4.78, 5) is 0.248. The molecule has 1 aromatic heterocycles. The molecular weight excluding hydrogens is 288 g/mol. The zero-order valence-corrected chi connectivity index (χ0v) is 12.8. The Labute approximate surface area is 124 Å². The van der Waals surface area contributed by atoms with E-state index in [4.69, 9.17) is 5.73 Å². The predicted molar refractivity (Wildman–Crippen MR) is 79.9 cm³/mol. The summed E-state index contributed by atoms with van der Waals surface area (Å²) < 4.78 is 27.3. The second-order valence-electron chi connectivity index (χ2n) is 4.79. The van der Waals surface area contributed by atoms with E-state index in [1.165, 1.54) is 6.20 Å². The Bertz CT molecular complexity index is 730. The van der Waals surface area contributed by atoms with Crippen LogP contribution >= 0.6 is 0 Å². The van der Waals surface area contributed by atoms with Gasteiger partial charge in [0.05, 0.1) is 17.1 Å². The van der Waals surface area contributed by atoms with Crippen molar-refractivity contribution >= 4 is 10.0 Å². The van der Waals surface area contributed by atoms with Gasteiger partial charge >= 0.3 is 0 Å². The van der Waals surface area contributed by atoms with Gasteiger partial charge in [-0.15, -0.1) is 0 Å². The first-order chi connectivity index (χ1) is 9.94. The quantitative estimate of drug-likeness (QED) is 0.860. The molecule has 1 aromatic carbocycles. The van der Waals surface area contributed by atoms with Crippen LogP contribution in [0.25, 0.3) is 0 Å². The van der Waals surface area contributed by atoms with Crippen molar-refractivity contribution in [1.29, 1.82) is 0 Å². The SMILES string of the molecule is Cc1cc(C)c(S(=O)(=O)NCc2cccnn2)cc1CN. The normalized spacial score (nSPS) is 11.6. The summed E-state index contributed by atoms with van der Waals surface area (Å²) in [7, 11) is -3.61. The third kappa shape index (κ3) is 3.63. The molecule has 0 spiro atoms. The van der Waals surface area contributed by atoms with E-state index in [0.29, 0.717) is 17.8 Å². The molecule has 21 heavy (non-hydrogen) atoms. The minimum atomic E-state index is -3.61. The molecule has 0 bridgehead atoms. The van der Waals surface area contributed by atoms with Gasteiger partial charge in [0.15, 0.2) is 0 Å². The summed E-state index contributed by atoms with van der Waals surface area (Å²) in [6.45, 7) is 4.09. The van der Waals surface area contributed by atoms with E-state index in [0.717, 1.165) is 11.1 Å². The largest absolute Gasteiger partial charge is 0.326 e. The molecule has 0 radical (unpaired) electrons. The lowest BCUT2D eigenvalue weighted by Gasteiger charge is -2.12. The molecule has 2 aromatic rings. The zero-order valence-electron chi connectivity index (χ0n) is 12.0. The minimum absolute atomic E-state index is 0.0987. The average Bonchev–Trinajstić information content (AvgIpc) is 2.46. The molecular formula is C14H18N4O2S. The van der Waals surface area contributed by atoms with E-state index in [1.807, 2.05) is 13.0 Å². The van der Waals surface area contributed by atoms with Crippen LogP contribution in [0.15, 0.2) is 35.4 Å². The number of rotatable bonds is 5. The van der Waals surface area contributed by atoms with Gasteiger partial charge in [0.1, 0.15) is 0 Å². The topological polar surface area (TPSA) is 98.0 Å². The van der Waals surface area contributed by atoms with Crippen LogP contribution in [-0.2, 0) is 23.1 Å². The molecule has 6 nitrogen and oxygen atoms in total. The molecule has 0 aliphatic heterocycles. The maximum atomic E-state index is 12.4. The second kappa shape index (κ2) is 6.30. The van der Waals surface area contributed by atoms with Crippen molar-refractivity contribution in [3.63, 3.8) is 0 Å². The lowest BCUT2D eigenvalue weighted by molar-refractivity contribution is 0.579. The minimum Gasteiger partial charge on any atom is -0.326 e. The molecule has 0 unspecified atom stereocenters. The van der Waals surface area contributed by atoms with Crippen LogP contribution < -0.4 is 10.5 Å². The summed E-state index contributed by atoms with van der Waals surface area (Å²) in [6.07, 6.45) is 1.54. The Morgan fingerprint density at radius 3 is 2.62 bits per heavy atom. The Balaban J connectivity index is 2.27. The van der Waals surface area contributed by atoms with Gasteiger partial charge in [-0.2, -0.15) is 10.2 Å². The Kier molecular flexibility index (Phi) is 4.66. The fourth-order valence-corrected chi connectivity index (χ4v) is 3.33. The lowest BCUT2D eigenvalue weighted by Crippen LogP contribution is -2.25. The van der Waals surface area contributed by atoms with Crippen molar-refractivity contribution < 1.29 is 8.42 Å². The van der Waals surface area contributed by atoms with Crippen LogP contribution in [-0.4, -0.2) is 18.6 Å². The highest BCUT2D eigenvalue weighted by atomic mass is 32.2. The Morgan fingerprint density at radius 2 is 2.00 bits per heavy atom. The molecule has 0 aliphatic carbocycles. The zero-order chi connectivity index (χ0) is 15.5. The van der Waals surface area contributed by atoms with E-state index in [9.17, 15) is 8.42 Å². The smallest absolute Gasteiger partial charge is 0.241 e. The number of benzene rings is 1. The molecule has 2 rings (SSSR count). The van der Waals surface area contributed by atoms with E-state index in [1.54, 1.807) is 25.1 Å². The first-order valence-electron chi connectivity index (χ1n) is 6.50. The molecule has 0 saturated heterocycles. The number of aromatic nitrogens is 2. The molecule has 0 fully saturated rings. The highest BCUT2D eigenvalue weighted by Crippen LogP contribution is 2.20. The van der Waals surface area contributed by atoms with E-state index < -0.39 is 10.0 Å². The fourth-order valence-electron chi connectivity index (χ4n) is 2.06. The molecule has 0 saturated carbocycles. The molecule has 7 heteroatoms. The van der Waals surface area contributed by atoms with Gasteiger partial charge in [-0.05, 0) is 48.7 Å². The third-order valence-electron chi connectivity index (χ3n) is 3.21. The molecule has 0 aliphatic rings. The van der Waals surface area contributed by atoms with Crippen molar-refractivity contribution in [1.82, 2.24) is 14.9 Å².